The van der Waals surface area contributed by atoms with Gasteiger partial charge in [0.2, 0.25) is 5.91 Å². The third-order valence-electron chi connectivity index (χ3n) is 16.9. The molecule has 0 aromatic carbocycles. The molecule has 9 heteroatoms. The number of morpholine rings is 1. The molecule has 4 N–H and O–H groups in total. The number of piperidine rings is 1. The maximum atomic E-state index is 12.6. The van der Waals surface area contributed by atoms with Crippen molar-refractivity contribution >= 4 is 5.91 Å². The van der Waals surface area contributed by atoms with E-state index in [-0.39, 0.29) is 58.0 Å². The Morgan fingerprint density at radius 1 is 1.04 bits per heavy atom. The summed E-state index contributed by atoms with van der Waals surface area (Å²) >= 11 is 0. The molecule has 0 aromatic rings. The Morgan fingerprint density at radius 2 is 1.77 bits per heavy atom. The van der Waals surface area contributed by atoms with E-state index in [0.29, 0.717) is 42.7 Å². The van der Waals surface area contributed by atoms with Crippen molar-refractivity contribution in [3.8, 4) is 0 Å². The first-order valence-electron chi connectivity index (χ1n) is 19.5. The van der Waals surface area contributed by atoms with E-state index in [0.717, 1.165) is 51.6 Å². The highest BCUT2D eigenvalue weighted by Gasteiger charge is 2.84. The van der Waals surface area contributed by atoms with Crippen LogP contribution in [0.4, 0.5) is 0 Å². The first kappa shape index (κ1) is 34.3. The first-order chi connectivity index (χ1) is 22.5. The number of aliphatic hydroxyl groups is 3. The van der Waals surface area contributed by atoms with Gasteiger partial charge in [-0.15, -0.1) is 0 Å². The third kappa shape index (κ3) is 4.49. The van der Waals surface area contributed by atoms with E-state index < -0.39 is 23.9 Å². The van der Waals surface area contributed by atoms with Crippen molar-refractivity contribution in [3.05, 3.63) is 0 Å². The van der Waals surface area contributed by atoms with Gasteiger partial charge in [-0.05, 0) is 123 Å². The Hall–Kier alpha value is -0.810. The number of amides is 1. The van der Waals surface area contributed by atoms with Crippen LogP contribution in [0.2, 0.25) is 0 Å². The number of aliphatic hydroxyl groups excluding tert-OH is 2. The lowest BCUT2D eigenvalue weighted by Gasteiger charge is -2.64. The minimum absolute atomic E-state index is 0.00257. The lowest BCUT2D eigenvalue weighted by Crippen LogP contribution is -2.60. The molecule has 1 amide bonds. The van der Waals surface area contributed by atoms with Crippen LogP contribution in [0.25, 0.3) is 0 Å². The predicted octanol–water partition coefficient (Wildman–Crippen LogP) is 4.25. The van der Waals surface area contributed by atoms with Crippen LogP contribution >= 0.6 is 0 Å². The number of carbonyl (C=O) groups is 1. The molecule has 272 valence electrons. The number of fused-ring (bicyclic) bond motifs is 4. The summed E-state index contributed by atoms with van der Waals surface area (Å²) in [4.78, 5) is 14.9. The fraction of sp³-hybridized carbons (Fsp3) is 0.974. The second-order valence-corrected chi connectivity index (χ2v) is 19.5. The molecule has 5 aliphatic carbocycles. The molecule has 15 atom stereocenters. The summed E-state index contributed by atoms with van der Waals surface area (Å²) in [5, 5.41) is 37.2. The number of carbonyl (C=O) groups excluding carboxylic acids is 1. The van der Waals surface area contributed by atoms with E-state index in [4.69, 9.17) is 14.2 Å². The van der Waals surface area contributed by atoms with Crippen LogP contribution in [0.3, 0.4) is 0 Å². The molecule has 48 heavy (non-hydrogen) atoms. The zero-order chi connectivity index (χ0) is 34.2. The summed E-state index contributed by atoms with van der Waals surface area (Å²) in [6.45, 7) is 18.1. The molecule has 0 radical (unpaired) electrons. The molecule has 0 aromatic heterocycles. The molecule has 9 nitrogen and oxygen atoms in total. The molecule has 8 rings (SSSR count). The second kappa shape index (κ2) is 11.1. The van der Waals surface area contributed by atoms with E-state index in [1.807, 2.05) is 0 Å². The molecule has 3 aliphatic heterocycles. The molecule has 8 aliphatic rings. The monoisotopic (exact) mass is 672 g/mol. The fourth-order valence-corrected chi connectivity index (χ4v) is 14.5. The first-order valence-corrected chi connectivity index (χ1v) is 19.5. The van der Waals surface area contributed by atoms with E-state index in [2.05, 4.69) is 44.8 Å². The van der Waals surface area contributed by atoms with Gasteiger partial charge in [-0.2, -0.15) is 0 Å². The average molecular weight is 673 g/mol. The molecule has 3 unspecified atom stereocenters. The highest BCUT2D eigenvalue weighted by molar-refractivity contribution is 5.82. The number of nitrogens with one attached hydrogen (secondary N) is 1. The molecule has 3 saturated heterocycles. The predicted molar refractivity (Wildman–Crippen MR) is 181 cm³/mol. The van der Waals surface area contributed by atoms with Crippen LogP contribution in [0.1, 0.15) is 113 Å². The smallest absolute Gasteiger partial charge is 0.237 e. The number of nitrogens with zero attached hydrogens (tertiary/aromatic N) is 1. The van der Waals surface area contributed by atoms with Crippen LogP contribution < -0.4 is 5.32 Å². The minimum atomic E-state index is -1.26. The molecule has 2 spiro atoms. The third-order valence-corrected chi connectivity index (χ3v) is 16.9. The summed E-state index contributed by atoms with van der Waals surface area (Å²) < 4.78 is 19.8. The minimum Gasteiger partial charge on any atom is -0.390 e. The van der Waals surface area contributed by atoms with Gasteiger partial charge in [-0.3, -0.25) is 9.69 Å². The topological polar surface area (TPSA) is 121 Å². The summed E-state index contributed by atoms with van der Waals surface area (Å²) in [5.74, 6) is 1.69. The Morgan fingerprint density at radius 3 is 2.50 bits per heavy atom. The highest BCUT2D eigenvalue weighted by atomic mass is 16.7. The summed E-state index contributed by atoms with van der Waals surface area (Å²) in [5.41, 5.74) is -1.01. The van der Waals surface area contributed by atoms with Gasteiger partial charge in [0.1, 0.15) is 6.10 Å². The van der Waals surface area contributed by atoms with Crippen molar-refractivity contribution < 1.29 is 34.3 Å². The summed E-state index contributed by atoms with van der Waals surface area (Å²) in [6, 6.07) is -0.0723. The van der Waals surface area contributed by atoms with Crippen molar-refractivity contribution in [1.82, 2.24) is 10.2 Å². The lowest BCUT2D eigenvalue weighted by atomic mass is 9.41. The Kier molecular flexibility index (Phi) is 7.93. The molecule has 5 saturated carbocycles. The zero-order valence-corrected chi connectivity index (χ0v) is 30.7. The molecule has 3 heterocycles. The van der Waals surface area contributed by atoms with Crippen molar-refractivity contribution in [3.63, 3.8) is 0 Å². The number of ether oxygens (including phenoxy) is 3. The van der Waals surface area contributed by atoms with Crippen molar-refractivity contribution in [2.45, 2.75) is 161 Å². The van der Waals surface area contributed by atoms with Gasteiger partial charge in [-0.1, -0.05) is 34.6 Å². The molecular formula is C39H64N2O7. The lowest BCUT2D eigenvalue weighted by molar-refractivity contribution is -0.251. The number of rotatable bonds is 5. The second-order valence-electron chi connectivity index (χ2n) is 19.5. The van der Waals surface area contributed by atoms with Gasteiger partial charge in [0.05, 0.1) is 49.2 Å². The van der Waals surface area contributed by atoms with E-state index in [1.165, 1.54) is 19.3 Å². The number of hydrogen-bond donors (Lipinski definition) is 4. The Bertz CT molecular complexity index is 1290. The van der Waals surface area contributed by atoms with Crippen LogP contribution in [-0.4, -0.2) is 101 Å². The standard InChI is InChI=1S/C39H64N2O7/c1-22-19-24(31(42)35(4,5)45)47-30-29(22)36(6)14-15-39-21-38(39)13-12-27(34(2,3)25(38)10-11-26(39)37(36,7)32(30)43)48-28-20-41(17-18-46-28)23-9-8-16-40-33(23)44/h22-32,42-43,45H,8-21H2,1-7H3,(H,40,44)/t22-,23?,24-,25+,26+,27+,28?,29?,30+,31+,32+,36-,37-,38-,39+/m1/s1. The van der Waals surface area contributed by atoms with E-state index >= 15 is 0 Å². The molecule has 0 bridgehead atoms. The van der Waals surface area contributed by atoms with Crippen molar-refractivity contribution in [2.24, 2.45) is 50.7 Å². The van der Waals surface area contributed by atoms with Crippen LogP contribution in [0, 0.1) is 50.7 Å². The maximum Gasteiger partial charge on any atom is 0.237 e. The van der Waals surface area contributed by atoms with Crippen LogP contribution in [0.5, 0.6) is 0 Å². The van der Waals surface area contributed by atoms with Gasteiger partial charge in [0, 0.05) is 18.5 Å². The van der Waals surface area contributed by atoms with Crippen molar-refractivity contribution in [2.75, 3.05) is 26.2 Å². The molecule has 8 fully saturated rings. The SMILES string of the molecule is C[C@@H]1C[C@H]([C@H](O)C(C)(C)O)O[C@H]2C1[C@@]1(C)CC[C@@]34C[C@@]35CC[C@H](OC3CN(C6CCCNC6=O)CCO3)C(C)(C)[C@@H]5CC[C@H]4[C@]1(C)[C@H]2O. The largest absolute Gasteiger partial charge is 0.390 e. The van der Waals surface area contributed by atoms with E-state index in [1.54, 1.807) is 13.8 Å². The summed E-state index contributed by atoms with van der Waals surface area (Å²) in [6.07, 6.45) is 8.17. The number of hydrogen-bond acceptors (Lipinski definition) is 8. The maximum absolute atomic E-state index is 12.6. The van der Waals surface area contributed by atoms with Gasteiger partial charge in [-0.25, -0.2) is 0 Å². The quantitative estimate of drug-likeness (QED) is 0.342. The highest BCUT2D eigenvalue weighted by Crippen LogP contribution is 2.89. The van der Waals surface area contributed by atoms with Gasteiger partial charge < -0.3 is 34.8 Å². The Labute approximate surface area is 288 Å². The average Bonchev–Trinajstić information content (AvgIpc) is 3.66. The molecular weight excluding hydrogens is 608 g/mol. The van der Waals surface area contributed by atoms with Gasteiger partial charge in [0.25, 0.3) is 0 Å². The van der Waals surface area contributed by atoms with E-state index in [9.17, 15) is 20.1 Å². The fourth-order valence-electron chi connectivity index (χ4n) is 14.5. The normalized spacial score (nSPS) is 53.8. The Balaban J connectivity index is 1.01. The van der Waals surface area contributed by atoms with Crippen LogP contribution in [-0.2, 0) is 19.0 Å². The zero-order valence-electron chi connectivity index (χ0n) is 30.7. The van der Waals surface area contributed by atoms with Gasteiger partial charge in [0.15, 0.2) is 6.29 Å². The van der Waals surface area contributed by atoms with Crippen molar-refractivity contribution in [1.29, 1.82) is 0 Å². The summed E-state index contributed by atoms with van der Waals surface area (Å²) in [7, 11) is 0. The van der Waals surface area contributed by atoms with Gasteiger partial charge >= 0.3 is 0 Å². The van der Waals surface area contributed by atoms with Crippen LogP contribution in [0.15, 0.2) is 0 Å².